The molecule has 0 amide bonds. The molecule has 3 fully saturated rings. The van der Waals surface area contributed by atoms with Crippen LogP contribution in [-0.2, 0) is 0 Å². The molecule has 4 atom stereocenters. The maximum atomic E-state index is 4.47. The van der Waals surface area contributed by atoms with Crippen LogP contribution < -0.4 is 0 Å². The van der Waals surface area contributed by atoms with Crippen molar-refractivity contribution < 1.29 is 0 Å². The molecule has 3 aliphatic carbocycles. The van der Waals surface area contributed by atoms with Gasteiger partial charge in [-0.1, -0.05) is 49.3 Å². The van der Waals surface area contributed by atoms with E-state index in [0.29, 0.717) is 11.8 Å². The molecule has 0 spiro atoms. The van der Waals surface area contributed by atoms with Crippen LogP contribution in [0.1, 0.15) is 44.9 Å². The molecule has 0 heteroatoms. The largest absolute Gasteiger partial charge is 0.0992 e. The maximum absolute atomic E-state index is 4.47. The Hall–Kier alpha value is -0.780. The van der Waals surface area contributed by atoms with E-state index < -0.39 is 0 Å². The SMILES string of the molecule is C=C1C2CCCCC2C(=C)C2C(=C)CCCC12. The molecule has 0 aliphatic heterocycles. The quantitative estimate of drug-likeness (QED) is 0.518. The van der Waals surface area contributed by atoms with Gasteiger partial charge in [0.15, 0.2) is 0 Å². The van der Waals surface area contributed by atoms with Crippen LogP contribution in [0.5, 0.6) is 0 Å². The van der Waals surface area contributed by atoms with Crippen LogP contribution >= 0.6 is 0 Å². The number of allylic oxidation sites excluding steroid dienone is 3. The first-order valence-corrected chi connectivity index (χ1v) is 7.25. The Morgan fingerprint density at radius 1 is 0.706 bits per heavy atom. The molecule has 3 saturated carbocycles. The lowest BCUT2D eigenvalue weighted by Crippen LogP contribution is -2.39. The summed E-state index contributed by atoms with van der Waals surface area (Å²) in [7, 11) is 0. The molecule has 0 bridgehead atoms. The lowest BCUT2D eigenvalue weighted by Gasteiger charge is -2.50. The van der Waals surface area contributed by atoms with Gasteiger partial charge in [0.2, 0.25) is 0 Å². The van der Waals surface area contributed by atoms with Crippen LogP contribution in [0, 0.1) is 23.7 Å². The van der Waals surface area contributed by atoms with Gasteiger partial charge in [0.1, 0.15) is 0 Å². The van der Waals surface area contributed by atoms with Gasteiger partial charge in [-0.3, -0.25) is 0 Å². The molecule has 17 heavy (non-hydrogen) atoms. The van der Waals surface area contributed by atoms with Crippen molar-refractivity contribution in [3.8, 4) is 0 Å². The summed E-state index contributed by atoms with van der Waals surface area (Å²) in [5.41, 5.74) is 4.50. The second-order valence-corrected chi connectivity index (χ2v) is 6.28. The van der Waals surface area contributed by atoms with E-state index in [0.717, 1.165) is 11.8 Å². The van der Waals surface area contributed by atoms with Gasteiger partial charge in [-0.2, -0.15) is 0 Å². The Balaban J connectivity index is 1.95. The van der Waals surface area contributed by atoms with Crippen molar-refractivity contribution in [1.82, 2.24) is 0 Å². The zero-order chi connectivity index (χ0) is 12.0. The van der Waals surface area contributed by atoms with Crippen LogP contribution in [0.3, 0.4) is 0 Å². The van der Waals surface area contributed by atoms with Crippen molar-refractivity contribution in [2.45, 2.75) is 44.9 Å². The smallest absolute Gasteiger partial charge is 0.00700 e. The van der Waals surface area contributed by atoms with E-state index in [1.54, 1.807) is 5.57 Å². The van der Waals surface area contributed by atoms with Gasteiger partial charge in [-0.25, -0.2) is 0 Å². The average molecular weight is 228 g/mol. The Labute approximate surface area is 105 Å². The topological polar surface area (TPSA) is 0 Å². The van der Waals surface area contributed by atoms with E-state index in [9.17, 15) is 0 Å². The predicted molar refractivity (Wildman–Crippen MR) is 73.7 cm³/mol. The third-order valence-corrected chi connectivity index (χ3v) is 5.45. The minimum atomic E-state index is 0.579. The third kappa shape index (κ3) is 1.64. The number of hydrogen-bond acceptors (Lipinski definition) is 0. The normalized spacial score (nSPS) is 42.0. The highest BCUT2D eigenvalue weighted by Crippen LogP contribution is 2.55. The summed E-state index contributed by atoms with van der Waals surface area (Å²) in [5.74, 6) is 2.74. The molecule has 0 aromatic heterocycles. The zero-order valence-corrected chi connectivity index (χ0v) is 10.9. The molecule has 0 N–H and O–H groups in total. The van der Waals surface area contributed by atoms with Gasteiger partial charge < -0.3 is 0 Å². The summed E-state index contributed by atoms with van der Waals surface area (Å²) in [6, 6.07) is 0. The van der Waals surface area contributed by atoms with Gasteiger partial charge in [0.05, 0.1) is 0 Å². The van der Waals surface area contributed by atoms with Crippen molar-refractivity contribution in [2.75, 3.05) is 0 Å². The second-order valence-electron chi connectivity index (χ2n) is 6.28. The molecule has 4 unspecified atom stereocenters. The summed E-state index contributed by atoms with van der Waals surface area (Å²) >= 11 is 0. The van der Waals surface area contributed by atoms with Crippen LogP contribution in [-0.4, -0.2) is 0 Å². The van der Waals surface area contributed by atoms with E-state index in [1.165, 1.54) is 56.1 Å². The Morgan fingerprint density at radius 2 is 1.29 bits per heavy atom. The number of hydrogen-bond donors (Lipinski definition) is 0. The fourth-order valence-electron chi connectivity index (χ4n) is 4.60. The molecule has 0 heterocycles. The molecule has 0 aromatic carbocycles. The van der Waals surface area contributed by atoms with E-state index in [4.69, 9.17) is 0 Å². The van der Waals surface area contributed by atoms with E-state index in [2.05, 4.69) is 19.7 Å². The third-order valence-electron chi connectivity index (χ3n) is 5.45. The van der Waals surface area contributed by atoms with Crippen LogP contribution in [0.2, 0.25) is 0 Å². The van der Waals surface area contributed by atoms with E-state index in [1.807, 2.05) is 0 Å². The summed E-state index contributed by atoms with van der Waals surface area (Å²) in [6.45, 7) is 13.3. The highest BCUT2D eigenvalue weighted by atomic mass is 14.5. The summed E-state index contributed by atoms with van der Waals surface area (Å²) in [4.78, 5) is 0. The van der Waals surface area contributed by atoms with Crippen molar-refractivity contribution >= 4 is 0 Å². The molecule has 0 saturated heterocycles. The van der Waals surface area contributed by atoms with Crippen LogP contribution in [0.4, 0.5) is 0 Å². The first-order valence-electron chi connectivity index (χ1n) is 7.25. The highest BCUT2D eigenvalue weighted by molar-refractivity contribution is 5.34. The van der Waals surface area contributed by atoms with E-state index in [-0.39, 0.29) is 0 Å². The molecule has 0 radical (unpaired) electrons. The molecule has 0 nitrogen and oxygen atoms in total. The fourth-order valence-corrected chi connectivity index (χ4v) is 4.60. The van der Waals surface area contributed by atoms with Crippen molar-refractivity contribution in [2.24, 2.45) is 23.7 Å². The Kier molecular flexibility index (Phi) is 2.77. The van der Waals surface area contributed by atoms with Gasteiger partial charge in [0.25, 0.3) is 0 Å². The average Bonchev–Trinajstić information content (AvgIpc) is 2.36. The predicted octanol–water partition coefficient (Wildman–Crippen LogP) is 4.89. The molecular weight excluding hydrogens is 204 g/mol. The first kappa shape index (κ1) is 11.3. The molecule has 92 valence electrons. The van der Waals surface area contributed by atoms with Gasteiger partial charge in [0, 0.05) is 5.92 Å². The number of rotatable bonds is 0. The first-order chi connectivity index (χ1) is 8.20. The summed E-state index contributed by atoms with van der Waals surface area (Å²) < 4.78 is 0. The highest BCUT2D eigenvalue weighted by Gasteiger charge is 2.44. The lowest BCUT2D eigenvalue weighted by atomic mass is 9.55. The molecule has 3 rings (SSSR count). The molecule has 0 aromatic rings. The molecular formula is C17H24. The summed E-state index contributed by atoms with van der Waals surface area (Å²) in [5, 5.41) is 0. The van der Waals surface area contributed by atoms with Crippen molar-refractivity contribution in [1.29, 1.82) is 0 Å². The van der Waals surface area contributed by atoms with E-state index >= 15 is 0 Å². The maximum Gasteiger partial charge on any atom is 0.00700 e. The van der Waals surface area contributed by atoms with Crippen LogP contribution in [0.15, 0.2) is 36.5 Å². The summed E-state index contributed by atoms with van der Waals surface area (Å²) in [6.07, 6.45) is 9.33. The Bertz CT molecular complexity index is 373. The minimum absolute atomic E-state index is 0.579. The van der Waals surface area contributed by atoms with Gasteiger partial charge in [-0.05, 0) is 49.9 Å². The lowest BCUT2D eigenvalue weighted by molar-refractivity contribution is 0.203. The minimum Gasteiger partial charge on any atom is -0.0992 e. The van der Waals surface area contributed by atoms with Gasteiger partial charge >= 0.3 is 0 Å². The second kappa shape index (κ2) is 4.15. The standard InChI is InChI=1S/C17H24/c1-11-7-6-10-16-12(2)14-8-4-5-9-15(14)13(3)17(11)16/h14-17H,1-10H2. The van der Waals surface area contributed by atoms with Crippen LogP contribution in [0.25, 0.3) is 0 Å². The fraction of sp³-hybridized carbons (Fsp3) is 0.647. The van der Waals surface area contributed by atoms with Crippen molar-refractivity contribution in [3.05, 3.63) is 36.5 Å². The van der Waals surface area contributed by atoms with Crippen molar-refractivity contribution in [3.63, 3.8) is 0 Å². The monoisotopic (exact) mass is 228 g/mol. The zero-order valence-electron chi connectivity index (χ0n) is 10.9. The van der Waals surface area contributed by atoms with Gasteiger partial charge in [-0.15, -0.1) is 0 Å². The Morgan fingerprint density at radius 3 is 2.00 bits per heavy atom. The number of fused-ring (bicyclic) bond motifs is 2. The molecule has 3 aliphatic rings.